The molecule has 0 bridgehead atoms. The molecule has 1 aliphatic heterocycles. The molecule has 0 aliphatic carbocycles. The van der Waals surface area contributed by atoms with E-state index >= 15 is 0 Å². The summed E-state index contributed by atoms with van der Waals surface area (Å²) in [7, 11) is 1.55. The van der Waals surface area contributed by atoms with Gasteiger partial charge in [0.05, 0.1) is 7.11 Å². The van der Waals surface area contributed by atoms with Gasteiger partial charge in [0.15, 0.2) is 0 Å². The van der Waals surface area contributed by atoms with Crippen molar-refractivity contribution in [2.75, 3.05) is 12.4 Å². The number of nitrogens with one attached hydrogen (secondary N) is 1. The number of likely N-dealkylation sites (tertiary alicyclic amines) is 1. The molecule has 1 fully saturated rings. The van der Waals surface area contributed by atoms with Gasteiger partial charge in [0.1, 0.15) is 18.4 Å². The fourth-order valence-corrected chi connectivity index (χ4v) is 2.85. The Morgan fingerprint density at radius 2 is 1.81 bits per heavy atom. The smallest absolute Gasteiger partial charge is 0.417 e. The molecular formula is C20H20N2O5. The molecule has 140 valence electrons. The number of methoxy groups -OCH3 is 1. The normalized spacial score (nSPS) is 16.1. The third kappa shape index (κ3) is 4.44. The van der Waals surface area contributed by atoms with E-state index < -0.39 is 23.9 Å². The first-order chi connectivity index (χ1) is 13.1. The predicted octanol–water partition coefficient (Wildman–Crippen LogP) is 2.96. The first-order valence-corrected chi connectivity index (χ1v) is 8.56. The van der Waals surface area contributed by atoms with E-state index in [1.54, 1.807) is 31.4 Å². The van der Waals surface area contributed by atoms with Crippen LogP contribution in [0.25, 0.3) is 0 Å². The van der Waals surface area contributed by atoms with E-state index in [1.165, 1.54) is 0 Å². The average Bonchev–Trinajstić information content (AvgIpc) is 3.09. The van der Waals surface area contributed by atoms with Gasteiger partial charge in [-0.25, -0.2) is 9.69 Å². The van der Waals surface area contributed by atoms with Crippen molar-refractivity contribution in [3.8, 4) is 5.75 Å². The molecule has 1 atom stereocenters. The zero-order valence-corrected chi connectivity index (χ0v) is 14.9. The Morgan fingerprint density at radius 1 is 1.11 bits per heavy atom. The molecule has 1 saturated heterocycles. The largest absolute Gasteiger partial charge is 0.497 e. The van der Waals surface area contributed by atoms with Crippen LogP contribution in [0, 0.1) is 0 Å². The fraction of sp³-hybridized carbons (Fsp3) is 0.250. The van der Waals surface area contributed by atoms with Gasteiger partial charge in [0.25, 0.3) is 0 Å². The second-order valence-electron chi connectivity index (χ2n) is 6.08. The van der Waals surface area contributed by atoms with Crippen molar-refractivity contribution in [3.63, 3.8) is 0 Å². The number of amides is 3. The summed E-state index contributed by atoms with van der Waals surface area (Å²) in [6, 6.07) is 15.0. The Morgan fingerprint density at radius 3 is 2.48 bits per heavy atom. The van der Waals surface area contributed by atoms with Crippen LogP contribution >= 0.6 is 0 Å². The van der Waals surface area contributed by atoms with Gasteiger partial charge in [-0.2, -0.15) is 0 Å². The number of ether oxygens (including phenoxy) is 2. The summed E-state index contributed by atoms with van der Waals surface area (Å²) in [5.74, 6) is -0.180. The summed E-state index contributed by atoms with van der Waals surface area (Å²) in [5, 5.41) is 2.72. The van der Waals surface area contributed by atoms with E-state index in [4.69, 9.17) is 9.47 Å². The van der Waals surface area contributed by atoms with Gasteiger partial charge in [-0.05, 0) is 36.2 Å². The van der Waals surface area contributed by atoms with Gasteiger partial charge >= 0.3 is 6.09 Å². The van der Waals surface area contributed by atoms with Crippen molar-refractivity contribution in [1.82, 2.24) is 4.90 Å². The molecule has 1 N–H and O–H groups in total. The monoisotopic (exact) mass is 368 g/mol. The van der Waals surface area contributed by atoms with E-state index in [9.17, 15) is 14.4 Å². The Kier molecular flexibility index (Phi) is 5.71. The highest BCUT2D eigenvalue weighted by atomic mass is 16.6. The summed E-state index contributed by atoms with van der Waals surface area (Å²) < 4.78 is 10.3. The summed E-state index contributed by atoms with van der Waals surface area (Å²) >= 11 is 0. The molecule has 7 nitrogen and oxygen atoms in total. The fourth-order valence-electron chi connectivity index (χ4n) is 2.85. The molecule has 3 rings (SSSR count). The summed E-state index contributed by atoms with van der Waals surface area (Å²) in [4.78, 5) is 37.9. The number of carbonyl (C=O) groups excluding carboxylic acids is 3. The lowest BCUT2D eigenvalue weighted by atomic mass is 10.2. The van der Waals surface area contributed by atoms with Crippen molar-refractivity contribution in [2.45, 2.75) is 25.5 Å². The Balaban J connectivity index is 1.63. The molecule has 0 saturated carbocycles. The lowest BCUT2D eigenvalue weighted by Crippen LogP contribution is -2.45. The van der Waals surface area contributed by atoms with Gasteiger partial charge in [-0.1, -0.05) is 30.3 Å². The van der Waals surface area contributed by atoms with Crippen molar-refractivity contribution in [1.29, 1.82) is 0 Å². The van der Waals surface area contributed by atoms with E-state index in [1.807, 2.05) is 30.3 Å². The van der Waals surface area contributed by atoms with Crippen LogP contribution in [0.2, 0.25) is 0 Å². The third-order valence-electron chi connectivity index (χ3n) is 4.27. The highest BCUT2D eigenvalue weighted by molar-refractivity contribution is 6.04. The second-order valence-corrected chi connectivity index (χ2v) is 6.08. The molecule has 3 amide bonds. The maximum absolute atomic E-state index is 12.6. The Bertz CT molecular complexity index is 820. The number of benzene rings is 2. The van der Waals surface area contributed by atoms with Crippen LogP contribution in [-0.2, 0) is 20.9 Å². The minimum absolute atomic E-state index is 0.0380. The first-order valence-electron chi connectivity index (χ1n) is 8.56. The van der Waals surface area contributed by atoms with Gasteiger partial charge in [-0.15, -0.1) is 0 Å². The van der Waals surface area contributed by atoms with Gasteiger partial charge in [0, 0.05) is 12.1 Å². The van der Waals surface area contributed by atoms with Gasteiger partial charge in [-0.3, -0.25) is 9.59 Å². The molecule has 0 spiro atoms. The number of imide groups is 1. The van der Waals surface area contributed by atoms with Crippen LogP contribution in [-0.4, -0.2) is 36.0 Å². The van der Waals surface area contributed by atoms with Crippen molar-refractivity contribution in [2.24, 2.45) is 0 Å². The molecule has 1 aliphatic rings. The SMILES string of the molecule is COc1ccc(NC(=O)[C@@H]2CCC(=O)N2C(=O)OCc2ccccc2)cc1. The molecule has 27 heavy (non-hydrogen) atoms. The minimum atomic E-state index is -0.886. The summed E-state index contributed by atoms with van der Waals surface area (Å²) in [6.07, 6.45) is -0.418. The summed E-state index contributed by atoms with van der Waals surface area (Å²) in [5.41, 5.74) is 1.36. The van der Waals surface area contributed by atoms with Gasteiger partial charge < -0.3 is 14.8 Å². The maximum Gasteiger partial charge on any atom is 0.417 e. The number of rotatable bonds is 5. The van der Waals surface area contributed by atoms with Crippen LogP contribution in [0.3, 0.4) is 0 Å². The van der Waals surface area contributed by atoms with Crippen LogP contribution in [0.4, 0.5) is 10.5 Å². The van der Waals surface area contributed by atoms with Crippen LogP contribution < -0.4 is 10.1 Å². The molecule has 2 aromatic carbocycles. The van der Waals surface area contributed by atoms with E-state index in [0.717, 1.165) is 10.5 Å². The number of carbonyl (C=O) groups is 3. The highest BCUT2D eigenvalue weighted by Crippen LogP contribution is 2.23. The zero-order valence-electron chi connectivity index (χ0n) is 14.9. The average molecular weight is 368 g/mol. The standard InChI is InChI=1S/C20H20N2O5/c1-26-16-9-7-15(8-10-16)21-19(24)17-11-12-18(23)22(17)20(25)27-13-14-5-3-2-4-6-14/h2-10,17H,11-13H2,1H3,(H,21,24)/t17-/m0/s1. The van der Waals surface area contributed by atoms with Crippen molar-refractivity contribution >= 4 is 23.6 Å². The molecule has 1 heterocycles. The molecule has 0 unspecified atom stereocenters. The lowest BCUT2D eigenvalue weighted by Gasteiger charge is -2.21. The second kappa shape index (κ2) is 8.35. The Hall–Kier alpha value is -3.35. The predicted molar refractivity (Wildman–Crippen MR) is 98.1 cm³/mol. The number of hydrogen-bond donors (Lipinski definition) is 1. The topological polar surface area (TPSA) is 84.9 Å². The summed E-state index contributed by atoms with van der Waals surface area (Å²) in [6.45, 7) is 0.0380. The molecule has 0 radical (unpaired) electrons. The zero-order chi connectivity index (χ0) is 19.2. The van der Waals surface area contributed by atoms with Crippen LogP contribution in [0.15, 0.2) is 54.6 Å². The quantitative estimate of drug-likeness (QED) is 0.877. The lowest BCUT2D eigenvalue weighted by molar-refractivity contribution is -0.131. The third-order valence-corrected chi connectivity index (χ3v) is 4.27. The van der Waals surface area contributed by atoms with Crippen LogP contribution in [0.1, 0.15) is 18.4 Å². The van der Waals surface area contributed by atoms with E-state index in [0.29, 0.717) is 11.4 Å². The van der Waals surface area contributed by atoms with E-state index in [2.05, 4.69) is 5.32 Å². The van der Waals surface area contributed by atoms with E-state index in [-0.39, 0.29) is 19.4 Å². The molecule has 0 aromatic heterocycles. The molecule has 2 aromatic rings. The minimum Gasteiger partial charge on any atom is -0.497 e. The number of nitrogens with zero attached hydrogens (tertiary/aromatic N) is 1. The van der Waals surface area contributed by atoms with Gasteiger partial charge in [0.2, 0.25) is 11.8 Å². The number of anilines is 1. The first kappa shape index (κ1) is 18.4. The highest BCUT2D eigenvalue weighted by Gasteiger charge is 2.41. The molecule has 7 heteroatoms. The molecular weight excluding hydrogens is 348 g/mol. The number of hydrogen-bond acceptors (Lipinski definition) is 5. The van der Waals surface area contributed by atoms with Crippen molar-refractivity contribution in [3.05, 3.63) is 60.2 Å². The Labute approximate surface area is 156 Å². The van der Waals surface area contributed by atoms with Crippen molar-refractivity contribution < 1.29 is 23.9 Å². The van der Waals surface area contributed by atoms with Crippen LogP contribution in [0.5, 0.6) is 5.75 Å². The maximum atomic E-state index is 12.6.